The first kappa shape index (κ1) is 24.9. The summed E-state index contributed by atoms with van der Waals surface area (Å²) in [5.74, 6) is 1.23. The molecule has 3 heterocycles. The summed E-state index contributed by atoms with van der Waals surface area (Å²) in [5.41, 5.74) is 0.352. The first-order valence-electron chi connectivity index (χ1n) is 12.4. The third-order valence-electron chi connectivity index (χ3n) is 6.94. The molecule has 35 heavy (non-hydrogen) atoms. The van der Waals surface area contributed by atoms with E-state index in [-0.39, 0.29) is 41.5 Å². The Morgan fingerprint density at radius 1 is 1.11 bits per heavy atom. The van der Waals surface area contributed by atoms with Crippen molar-refractivity contribution >= 4 is 11.8 Å². The number of hydrogen-bond donors (Lipinski definition) is 1. The number of methoxy groups -OCH3 is 2. The molecule has 0 bridgehead atoms. The standard InChI is InChI=1S/C25H35N5O5/c1-15(2)21-28-23(35-29-21)16-13-18-19(14-16)30(12-8-6-5-7-11-26-22(18)31)25(32)17-9-10-20(33-3)27-24(17)34-4/h9-10,15-16,18-19H,5-8,11-14H2,1-4H3,(H,26,31)/t16-,18-,19+/m1/s1. The molecule has 1 N–H and O–H groups in total. The van der Waals surface area contributed by atoms with E-state index in [1.807, 2.05) is 18.7 Å². The van der Waals surface area contributed by atoms with Gasteiger partial charge in [-0.2, -0.15) is 9.97 Å². The molecule has 2 aromatic heterocycles. The van der Waals surface area contributed by atoms with Crippen molar-refractivity contribution in [2.24, 2.45) is 5.92 Å². The maximum Gasteiger partial charge on any atom is 0.259 e. The van der Waals surface area contributed by atoms with Crippen LogP contribution in [-0.4, -0.2) is 65.2 Å². The van der Waals surface area contributed by atoms with Gasteiger partial charge in [0, 0.05) is 37.0 Å². The van der Waals surface area contributed by atoms with Crippen molar-refractivity contribution in [3.8, 4) is 11.8 Å². The van der Waals surface area contributed by atoms with Gasteiger partial charge in [-0.25, -0.2) is 0 Å². The number of fused-ring (bicyclic) bond motifs is 1. The molecule has 1 saturated heterocycles. The largest absolute Gasteiger partial charge is 0.481 e. The second-order valence-corrected chi connectivity index (χ2v) is 9.60. The van der Waals surface area contributed by atoms with E-state index in [1.54, 1.807) is 12.1 Å². The molecule has 1 saturated carbocycles. The minimum Gasteiger partial charge on any atom is -0.481 e. The topological polar surface area (TPSA) is 120 Å². The lowest BCUT2D eigenvalue weighted by Crippen LogP contribution is -2.47. The molecule has 190 valence electrons. The van der Waals surface area contributed by atoms with Crippen molar-refractivity contribution in [2.45, 2.75) is 70.3 Å². The van der Waals surface area contributed by atoms with E-state index in [9.17, 15) is 9.59 Å². The summed E-state index contributed by atoms with van der Waals surface area (Å²) in [5, 5.41) is 7.20. The Bertz CT molecular complexity index is 1040. The number of pyridine rings is 1. The summed E-state index contributed by atoms with van der Waals surface area (Å²) >= 11 is 0. The summed E-state index contributed by atoms with van der Waals surface area (Å²) in [6, 6.07) is 3.02. The molecule has 4 rings (SSSR count). The normalized spacial score (nSPS) is 23.4. The second-order valence-electron chi connectivity index (χ2n) is 9.60. The van der Waals surface area contributed by atoms with Gasteiger partial charge in [-0.1, -0.05) is 31.8 Å². The third kappa shape index (κ3) is 5.41. The van der Waals surface area contributed by atoms with Crippen LogP contribution in [0, 0.1) is 5.92 Å². The highest BCUT2D eigenvalue weighted by atomic mass is 16.5. The van der Waals surface area contributed by atoms with E-state index in [1.165, 1.54) is 14.2 Å². The van der Waals surface area contributed by atoms with E-state index < -0.39 is 0 Å². The average Bonchev–Trinajstić information content (AvgIpc) is 3.52. The highest BCUT2D eigenvalue weighted by Crippen LogP contribution is 2.42. The van der Waals surface area contributed by atoms with Crippen LogP contribution in [0.2, 0.25) is 0 Å². The fourth-order valence-corrected chi connectivity index (χ4v) is 5.02. The molecule has 3 atom stereocenters. The first-order valence-corrected chi connectivity index (χ1v) is 12.4. The number of rotatable bonds is 5. The van der Waals surface area contributed by atoms with Crippen molar-refractivity contribution in [1.29, 1.82) is 0 Å². The third-order valence-corrected chi connectivity index (χ3v) is 6.94. The summed E-state index contributed by atoms with van der Waals surface area (Å²) in [6.45, 7) is 5.22. The lowest BCUT2D eigenvalue weighted by atomic mass is 9.99. The van der Waals surface area contributed by atoms with E-state index >= 15 is 0 Å². The Hall–Kier alpha value is -3.17. The quantitative estimate of drug-likeness (QED) is 0.685. The molecule has 2 aromatic rings. The molecule has 1 aliphatic carbocycles. The van der Waals surface area contributed by atoms with Crippen LogP contribution in [0.3, 0.4) is 0 Å². The van der Waals surface area contributed by atoms with E-state index in [4.69, 9.17) is 14.0 Å². The van der Waals surface area contributed by atoms with Gasteiger partial charge in [0.05, 0.1) is 20.1 Å². The lowest BCUT2D eigenvalue weighted by molar-refractivity contribution is -0.126. The smallest absolute Gasteiger partial charge is 0.259 e. The molecule has 2 fully saturated rings. The molecular formula is C25H35N5O5. The number of nitrogens with zero attached hydrogens (tertiary/aromatic N) is 4. The lowest BCUT2D eigenvalue weighted by Gasteiger charge is -2.33. The second kappa shape index (κ2) is 11.0. The molecule has 0 radical (unpaired) electrons. The van der Waals surface area contributed by atoms with Gasteiger partial charge in [-0.15, -0.1) is 0 Å². The SMILES string of the molecule is COc1ccc(C(=O)N2CCCCCCNC(=O)[C@@H]3C[C@@H](c4nc(C(C)C)no4)C[C@@H]32)c(OC)n1. The number of carbonyl (C=O) groups is 2. The number of aromatic nitrogens is 3. The van der Waals surface area contributed by atoms with Crippen molar-refractivity contribution in [2.75, 3.05) is 27.3 Å². The van der Waals surface area contributed by atoms with E-state index in [0.29, 0.717) is 49.1 Å². The first-order chi connectivity index (χ1) is 16.9. The van der Waals surface area contributed by atoms with Crippen LogP contribution in [-0.2, 0) is 4.79 Å². The fraction of sp³-hybridized carbons (Fsp3) is 0.640. The Labute approximate surface area is 205 Å². The van der Waals surface area contributed by atoms with Crippen LogP contribution in [0.15, 0.2) is 16.7 Å². The van der Waals surface area contributed by atoms with Crippen LogP contribution in [0.4, 0.5) is 0 Å². The van der Waals surface area contributed by atoms with Crippen molar-refractivity contribution in [3.63, 3.8) is 0 Å². The predicted molar refractivity (Wildman–Crippen MR) is 127 cm³/mol. The molecule has 1 aliphatic heterocycles. The highest BCUT2D eigenvalue weighted by molar-refractivity contribution is 5.97. The molecule has 10 nitrogen and oxygen atoms in total. The molecule has 0 unspecified atom stereocenters. The minimum atomic E-state index is -0.367. The Kier molecular flexibility index (Phi) is 7.87. The Balaban J connectivity index is 1.68. The Morgan fingerprint density at radius 2 is 1.91 bits per heavy atom. The number of nitrogens with one attached hydrogen (secondary N) is 1. The average molecular weight is 486 g/mol. The van der Waals surface area contributed by atoms with Crippen molar-refractivity contribution < 1.29 is 23.6 Å². The zero-order valence-electron chi connectivity index (χ0n) is 21.0. The van der Waals surface area contributed by atoms with Crippen LogP contribution in [0.1, 0.15) is 86.3 Å². The highest BCUT2D eigenvalue weighted by Gasteiger charge is 2.46. The van der Waals surface area contributed by atoms with Gasteiger partial charge in [0.25, 0.3) is 5.91 Å². The van der Waals surface area contributed by atoms with Gasteiger partial charge in [0.2, 0.25) is 23.6 Å². The Morgan fingerprint density at radius 3 is 2.63 bits per heavy atom. The molecule has 0 spiro atoms. The molecule has 0 aromatic carbocycles. The van der Waals surface area contributed by atoms with E-state index in [0.717, 1.165) is 25.7 Å². The number of hydrogen-bond acceptors (Lipinski definition) is 8. The molecular weight excluding hydrogens is 450 g/mol. The van der Waals surface area contributed by atoms with Gasteiger partial charge in [0.15, 0.2) is 5.82 Å². The zero-order valence-corrected chi connectivity index (χ0v) is 21.0. The molecule has 10 heteroatoms. The number of amides is 2. The van der Waals surface area contributed by atoms with Gasteiger partial charge >= 0.3 is 0 Å². The van der Waals surface area contributed by atoms with Crippen LogP contribution < -0.4 is 14.8 Å². The zero-order chi connectivity index (χ0) is 24.9. The van der Waals surface area contributed by atoms with E-state index in [2.05, 4.69) is 20.4 Å². The van der Waals surface area contributed by atoms with Crippen LogP contribution in [0.25, 0.3) is 0 Å². The van der Waals surface area contributed by atoms with Gasteiger partial charge in [-0.05, 0) is 31.7 Å². The van der Waals surface area contributed by atoms with Crippen molar-refractivity contribution in [3.05, 3.63) is 29.4 Å². The minimum absolute atomic E-state index is 0.0272. The monoisotopic (exact) mass is 485 g/mol. The number of carbonyl (C=O) groups excluding carboxylic acids is 2. The fourth-order valence-electron chi connectivity index (χ4n) is 5.02. The van der Waals surface area contributed by atoms with Gasteiger partial charge in [0.1, 0.15) is 5.56 Å². The molecule has 2 aliphatic rings. The number of ether oxygens (including phenoxy) is 2. The summed E-state index contributed by atoms with van der Waals surface area (Å²) in [4.78, 5) is 37.9. The van der Waals surface area contributed by atoms with Crippen LogP contribution in [0.5, 0.6) is 11.8 Å². The van der Waals surface area contributed by atoms with Crippen LogP contribution >= 0.6 is 0 Å². The maximum atomic E-state index is 13.9. The summed E-state index contributed by atoms with van der Waals surface area (Å²) < 4.78 is 16.2. The molecule has 2 amide bonds. The van der Waals surface area contributed by atoms with Gasteiger partial charge < -0.3 is 24.2 Å². The van der Waals surface area contributed by atoms with Gasteiger partial charge in [-0.3, -0.25) is 9.59 Å². The summed E-state index contributed by atoms with van der Waals surface area (Å²) in [7, 11) is 3.00. The maximum absolute atomic E-state index is 13.9. The van der Waals surface area contributed by atoms with Crippen molar-refractivity contribution in [1.82, 2.24) is 25.3 Å². The predicted octanol–water partition coefficient (Wildman–Crippen LogP) is 3.30. The summed E-state index contributed by atoms with van der Waals surface area (Å²) in [6.07, 6.45) is 4.91.